The van der Waals surface area contributed by atoms with E-state index in [2.05, 4.69) is 5.32 Å². The Labute approximate surface area is 146 Å². The number of carbonyl (C=O) groups is 2. The summed E-state index contributed by atoms with van der Waals surface area (Å²) in [5.41, 5.74) is -0.184. The number of thiophene rings is 1. The predicted molar refractivity (Wildman–Crippen MR) is 91.7 cm³/mol. The topological polar surface area (TPSA) is 55.4 Å². The Hall–Kier alpha value is -2.80. The molecule has 0 aliphatic heterocycles. The highest BCUT2D eigenvalue weighted by atomic mass is 32.1. The molecular formula is C18H13F2NO3S. The lowest BCUT2D eigenvalue weighted by Crippen LogP contribution is -2.30. The second kappa shape index (κ2) is 6.98. The minimum atomic E-state index is -1.14. The number of esters is 1. The molecule has 3 aromatic rings. The molecule has 1 unspecified atom stereocenters. The molecule has 1 atom stereocenters. The predicted octanol–water partition coefficient (Wildman–Crippen LogP) is 4.36. The number of rotatable bonds is 4. The number of hydrogen-bond donors (Lipinski definition) is 1. The normalized spacial score (nSPS) is 12.0. The van der Waals surface area contributed by atoms with Gasteiger partial charge < -0.3 is 10.1 Å². The van der Waals surface area contributed by atoms with Gasteiger partial charge in [-0.2, -0.15) is 0 Å². The van der Waals surface area contributed by atoms with E-state index in [1.165, 1.54) is 18.3 Å². The summed E-state index contributed by atoms with van der Waals surface area (Å²) in [7, 11) is 0. The van der Waals surface area contributed by atoms with Crippen LogP contribution >= 0.6 is 11.3 Å². The number of amides is 1. The number of ether oxygens (including phenoxy) is 1. The third kappa shape index (κ3) is 3.83. The molecule has 128 valence electrons. The van der Waals surface area contributed by atoms with Crippen molar-refractivity contribution >= 4 is 39.0 Å². The summed E-state index contributed by atoms with van der Waals surface area (Å²) in [5.74, 6) is -3.00. The molecule has 0 bridgehead atoms. The number of nitrogens with one attached hydrogen (secondary N) is 1. The van der Waals surface area contributed by atoms with Gasteiger partial charge in [-0.25, -0.2) is 13.6 Å². The van der Waals surface area contributed by atoms with E-state index < -0.39 is 29.6 Å². The first-order chi connectivity index (χ1) is 11.9. The number of benzene rings is 2. The molecule has 7 heteroatoms. The maximum Gasteiger partial charge on any atom is 0.349 e. The van der Waals surface area contributed by atoms with E-state index in [1.807, 2.05) is 24.3 Å². The van der Waals surface area contributed by atoms with Crippen LogP contribution in [0.3, 0.4) is 0 Å². The van der Waals surface area contributed by atoms with Crippen LogP contribution in [0.5, 0.6) is 0 Å². The molecule has 0 radical (unpaired) electrons. The highest BCUT2D eigenvalue weighted by Gasteiger charge is 2.21. The van der Waals surface area contributed by atoms with E-state index in [-0.39, 0.29) is 5.69 Å². The van der Waals surface area contributed by atoms with Crippen molar-refractivity contribution in [1.29, 1.82) is 0 Å². The van der Waals surface area contributed by atoms with Crippen LogP contribution in [0.25, 0.3) is 10.1 Å². The van der Waals surface area contributed by atoms with E-state index in [9.17, 15) is 18.4 Å². The Balaban J connectivity index is 1.67. The van der Waals surface area contributed by atoms with Crippen LogP contribution in [0.2, 0.25) is 0 Å². The molecule has 0 fully saturated rings. The van der Waals surface area contributed by atoms with E-state index in [0.29, 0.717) is 10.9 Å². The van der Waals surface area contributed by atoms with Gasteiger partial charge in [-0.15, -0.1) is 11.3 Å². The second-order valence-corrected chi connectivity index (χ2v) is 6.39. The summed E-state index contributed by atoms with van der Waals surface area (Å²) >= 11 is 1.26. The number of hydrogen-bond acceptors (Lipinski definition) is 4. The van der Waals surface area contributed by atoms with Crippen molar-refractivity contribution in [2.75, 3.05) is 5.32 Å². The zero-order chi connectivity index (χ0) is 18.0. The molecule has 1 N–H and O–H groups in total. The lowest BCUT2D eigenvalue weighted by molar-refractivity contribution is -0.123. The van der Waals surface area contributed by atoms with Crippen LogP contribution in [0, 0.1) is 11.6 Å². The molecule has 1 heterocycles. The summed E-state index contributed by atoms with van der Waals surface area (Å²) in [5, 5.41) is 3.17. The minimum Gasteiger partial charge on any atom is -0.448 e. The zero-order valence-corrected chi connectivity index (χ0v) is 13.9. The number of fused-ring (bicyclic) bond motifs is 1. The van der Waals surface area contributed by atoms with Crippen LogP contribution < -0.4 is 5.32 Å². The van der Waals surface area contributed by atoms with Crippen LogP contribution in [0.1, 0.15) is 16.6 Å². The quantitative estimate of drug-likeness (QED) is 0.703. The molecule has 1 aromatic heterocycles. The molecular weight excluding hydrogens is 348 g/mol. The van der Waals surface area contributed by atoms with Crippen molar-refractivity contribution in [1.82, 2.24) is 0 Å². The van der Waals surface area contributed by atoms with Crippen molar-refractivity contribution in [3.63, 3.8) is 0 Å². The van der Waals surface area contributed by atoms with Gasteiger partial charge in [-0.05, 0) is 36.6 Å². The summed E-state index contributed by atoms with van der Waals surface area (Å²) < 4.78 is 32.5. The molecule has 0 aliphatic rings. The van der Waals surface area contributed by atoms with E-state index in [0.717, 1.165) is 22.2 Å². The SMILES string of the molecule is CC(OC(=O)c1cc2ccccc2s1)C(=O)Nc1ccc(F)cc1F. The van der Waals surface area contributed by atoms with E-state index in [1.54, 1.807) is 6.07 Å². The van der Waals surface area contributed by atoms with Gasteiger partial charge in [0.1, 0.15) is 16.5 Å². The fraction of sp³-hybridized carbons (Fsp3) is 0.111. The maximum atomic E-state index is 13.6. The molecule has 4 nitrogen and oxygen atoms in total. The molecule has 0 saturated carbocycles. The second-order valence-electron chi connectivity index (χ2n) is 5.31. The van der Waals surface area contributed by atoms with Crippen LogP contribution in [0.15, 0.2) is 48.5 Å². The van der Waals surface area contributed by atoms with Crippen molar-refractivity contribution in [3.8, 4) is 0 Å². The molecule has 0 spiro atoms. The number of halogens is 2. The standard InChI is InChI=1S/C18H13F2NO3S/c1-10(17(22)21-14-7-6-12(19)9-13(14)20)24-18(23)16-8-11-4-2-3-5-15(11)25-16/h2-10H,1H3,(H,21,22). The van der Waals surface area contributed by atoms with Gasteiger partial charge in [0.25, 0.3) is 5.91 Å². The molecule has 0 aliphatic carbocycles. The van der Waals surface area contributed by atoms with Gasteiger partial charge in [0.2, 0.25) is 0 Å². The Kier molecular flexibility index (Phi) is 4.76. The highest BCUT2D eigenvalue weighted by Crippen LogP contribution is 2.26. The summed E-state index contributed by atoms with van der Waals surface area (Å²) in [6.45, 7) is 1.38. The lowest BCUT2D eigenvalue weighted by Gasteiger charge is -2.13. The summed E-state index contributed by atoms with van der Waals surface area (Å²) in [4.78, 5) is 24.6. The fourth-order valence-corrected chi connectivity index (χ4v) is 3.13. The van der Waals surface area contributed by atoms with E-state index >= 15 is 0 Å². The van der Waals surface area contributed by atoms with Gasteiger partial charge in [0.15, 0.2) is 6.10 Å². The largest absolute Gasteiger partial charge is 0.448 e. The molecule has 3 rings (SSSR count). The first kappa shape index (κ1) is 17.0. The van der Waals surface area contributed by atoms with Crippen molar-refractivity contribution in [3.05, 3.63) is 65.0 Å². The van der Waals surface area contributed by atoms with Crippen LogP contribution in [-0.4, -0.2) is 18.0 Å². The Morgan fingerprint density at radius 1 is 1.12 bits per heavy atom. The van der Waals surface area contributed by atoms with Gasteiger partial charge in [0.05, 0.1) is 5.69 Å². The van der Waals surface area contributed by atoms with E-state index in [4.69, 9.17) is 4.74 Å². The number of anilines is 1. The van der Waals surface area contributed by atoms with Gasteiger partial charge in [-0.1, -0.05) is 18.2 Å². The molecule has 1 amide bonds. The molecule has 2 aromatic carbocycles. The van der Waals surface area contributed by atoms with Crippen molar-refractivity contribution in [2.24, 2.45) is 0 Å². The summed E-state index contributed by atoms with van der Waals surface area (Å²) in [6.07, 6.45) is -1.14. The van der Waals surface area contributed by atoms with Gasteiger partial charge in [0, 0.05) is 10.8 Å². The third-order valence-corrected chi connectivity index (χ3v) is 4.56. The van der Waals surface area contributed by atoms with Crippen LogP contribution in [0.4, 0.5) is 14.5 Å². The third-order valence-electron chi connectivity index (χ3n) is 3.47. The average Bonchev–Trinajstić information content (AvgIpc) is 3.01. The Morgan fingerprint density at radius 2 is 1.88 bits per heavy atom. The fourth-order valence-electron chi connectivity index (χ4n) is 2.18. The smallest absolute Gasteiger partial charge is 0.349 e. The maximum absolute atomic E-state index is 13.6. The zero-order valence-electron chi connectivity index (χ0n) is 13.1. The number of carbonyl (C=O) groups excluding carboxylic acids is 2. The van der Waals surface area contributed by atoms with Gasteiger partial charge in [-0.3, -0.25) is 4.79 Å². The summed E-state index contributed by atoms with van der Waals surface area (Å²) in [6, 6.07) is 11.9. The Morgan fingerprint density at radius 3 is 2.60 bits per heavy atom. The van der Waals surface area contributed by atoms with Crippen molar-refractivity contribution in [2.45, 2.75) is 13.0 Å². The first-order valence-corrected chi connectivity index (χ1v) is 8.21. The monoisotopic (exact) mass is 361 g/mol. The highest BCUT2D eigenvalue weighted by molar-refractivity contribution is 7.20. The average molecular weight is 361 g/mol. The Bertz CT molecular complexity index is 921. The molecule has 25 heavy (non-hydrogen) atoms. The van der Waals surface area contributed by atoms with Gasteiger partial charge >= 0.3 is 5.97 Å². The molecule has 0 saturated heterocycles. The first-order valence-electron chi connectivity index (χ1n) is 7.39. The van der Waals surface area contributed by atoms with Crippen molar-refractivity contribution < 1.29 is 23.1 Å². The van der Waals surface area contributed by atoms with Crippen LogP contribution in [-0.2, 0) is 9.53 Å². The lowest BCUT2D eigenvalue weighted by atomic mass is 10.2. The minimum absolute atomic E-state index is 0.184.